The smallest absolute Gasteiger partial charge is 0.195 e. The van der Waals surface area contributed by atoms with Crippen LogP contribution in [0.15, 0.2) is 35.2 Å². The minimum atomic E-state index is -3.17. The monoisotopic (exact) mass is 239 g/mol. The van der Waals surface area contributed by atoms with Crippen LogP contribution in [-0.2, 0) is 9.84 Å². The van der Waals surface area contributed by atoms with Gasteiger partial charge in [-0.3, -0.25) is 4.90 Å². The Balaban J connectivity index is 2.25. The molecule has 2 unspecified atom stereocenters. The fourth-order valence-electron chi connectivity index (χ4n) is 1.86. The zero-order valence-electron chi connectivity index (χ0n) is 9.84. The molecule has 1 aromatic rings. The van der Waals surface area contributed by atoms with Gasteiger partial charge >= 0.3 is 0 Å². The Morgan fingerprint density at radius 1 is 1.19 bits per heavy atom. The van der Waals surface area contributed by atoms with E-state index in [-0.39, 0.29) is 10.9 Å². The van der Waals surface area contributed by atoms with Crippen LogP contribution in [0.3, 0.4) is 0 Å². The highest BCUT2D eigenvalue weighted by Crippen LogP contribution is 2.35. The minimum absolute atomic E-state index is 0.0769. The van der Waals surface area contributed by atoms with Crippen LogP contribution in [0.4, 0.5) is 0 Å². The number of hydrogen-bond acceptors (Lipinski definition) is 3. The molecule has 1 aromatic carbocycles. The molecular weight excluding hydrogens is 222 g/mol. The zero-order chi connectivity index (χ0) is 12.0. The van der Waals surface area contributed by atoms with E-state index in [2.05, 4.69) is 0 Å². The molecule has 0 bridgehead atoms. The summed E-state index contributed by atoms with van der Waals surface area (Å²) in [4.78, 5) is 2.42. The van der Waals surface area contributed by atoms with Crippen molar-refractivity contribution >= 4 is 9.84 Å². The number of rotatable bonds is 2. The van der Waals surface area contributed by atoms with Gasteiger partial charge in [-0.25, -0.2) is 8.42 Å². The van der Waals surface area contributed by atoms with E-state index in [1.165, 1.54) is 0 Å². The average molecular weight is 239 g/mol. The van der Waals surface area contributed by atoms with E-state index in [0.29, 0.717) is 11.4 Å². The number of nitrogens with zero attached hydrogens (tertiary/aromatic N) is 1. The van der Waals surface area contributed by atoms with Crippen LogP contribution in [0.25, 0.3) is 0 Å². The molecule has 2 atom stereocenters. The Kier molecular flexibility index (Phi) is 2.59. The third kappa shape index (κ3) is 1.99. The number of hydrogen-bond donors (Lipinski definition) is 0. The third-order valence-electron chi connectivity index (χ3n) is 2.86. The van der Waals surface area contributed by atoms with Crippen LogP contribution in [-0.4, -0.2) is 30.8 Å². The van der Waals surface area contributed by atoms with E-state index < -0.39 is 9.84 Å². The topological polar surface area (TPSA) is 37.1 Å². The molecule has 0 aromatic heterocycles. The maximum atomic E-state index is 12.2. The largest absolute Gasteiger partial charge is 0.278 e. The van der Waals surface area contributed by atoms with Crippen molar-refractivity contribution < 1.29 is 8.42 Å². The van der Waals surface area contributed by atoms with Crippen molar-refractivity contribution in [2.75, 3.05) is 6.54 Å². The highest BCUT2D eigenvalue weighted by Gasteiger charge is 2.50. The van der Waals surface area contributed by atoms with E-state index >= 15 is 0 Å². The van der Waals surface area contributed by atoms with Crippen LogP contribution in [0.2, 0.25) is 0 Å². The number of benzene rings is 1. The summed E-state index contributed by atoms with van der Waals surface area (Å²) in [6, 6.07) is 8.67. The summed E-state index contributed by atoms with van der Waals surface area (Å²) in [7, 11) is -3.17. The van der Waals surface area contributed by atoms with Crippen LogP contribution in [0, 0.1) is 0 Å². The van der Waals surface area contributed by atoms with Crippen molar-refractivity contribution in [1.29, 1.82) is 0 Å². The lowest BCUT2D eigenvalue weighted by molar-refractivity contribution is 0.302. The van der Waals surface area contributed by atoms with Crippen LogP contribution in [0.5, 0.6) is 0 Å². The normalized spacial score (nSPS) is 25.4. The molecule has 0 spiro atoms. The SMILES string of the molecule is CC(C)(C)N1CC1S(=O)(=O)c1ccccc1. The van der Waals surface area contributed by atoms with Crippen molar-refractivity contribution in [3.8, 4) is 0 Å². The van der Waals surface area contributed by atoms with Crippen molar-refractivity contribution in [3.63, 3.8) is 0 Å². The maximum Gasteiger partial charge on any atom is 0.195 e. The van der Waals surface area contributed by atoms with E-state index in [0.717, 1.165) is 0 Å². The first-order valence-corrected chi connectivity index (χ1v) is 6.94. The van der Waals surface area contributed by atoms with Crippen molar-refractivity contribution in [2.24, 2.45) is 0 Å². The van der Waals surface area contributed by atoms with Crippen LogP contribution >= 0.6 is 0 Å². The van der Waals surface area contributed by atoms with Gasteiger partial charge in [-0.15, -0.1) is 0 Å². The highest BCUT2D eigenvalue weighted by molar-refractivity contribution is 7.92. The molecule has 0 aliphatic carbocycles. The summed E-state index contributed by atoms with van der Waals surface area (Å²) >= 11 is 0. The second-order valence-corrected chi connectivity index (χ2v) is 7.24. The highest BCUT2D eigenvalue weighted by atomic mass is 32.2. The molecule has 0 amide bonds. The summed E-state index contributed by atoms with van der Waals surface area (Å²) < 4.78 is 24.4. The van der Waals surface area contributed by atoms with E-state index in [1.807, 2.05) is 31.7 Å². The molecule has 3 nitrogen and oxygen atoms in total. The molecule has 0 saturated carbocycles. The first kappa shape index (κ1) is 11.6. The second-order valence-electron chi connectivity index (χ2n) is 5.14. The van der Waals surface area contributed by atoms with Gasteiger partial charge in [0.2, 0.25) is 0 Å². The van der Waals surface area contributed by atoms with Crippen molar-refractivity contribution in [3.05, 3.63) is 30.3 Å². The van der Waals surface area contributed by atoms with Gasteiger partial charge in [0.15, 0.2) is 9.84 Å². The van der Waals surface area contributed by atoms with Crippen LogP contribution < -0.4 is 0 Å². The molecule has 1 saturated heterocycles. The van der Waals surface area contributed by atoms with Gasteiger partial charge < -0.3 is 0 Å². The van der Waals surface area contributed by atoms with Gasteiger partial charge in [-0.2, -0.15) is 0 Å². The summed E-state index contributed by atoms with van der Waals surface area (Å²) in [5.74, 6) is 0. The Labute approximate surface area is 97.0 Å². The molecule has 0 N–H and O–H groups in total. The summed E-state index contributed by atoms with van der Waals surface area (Å²) in [6.07, 6.45) is 0. The zero-order valence-corrected chi connectivity index (χ0v) is 10.7. The van der Waals surface area contributed by atoms with Gasteiger partial charge in [-0.05, 0) is 32.9 Å². The van der Waals surface area contributed by atoms with E-state index in [1.54, 1.807) is 24.3 Å². The Morgan fingerprint density at radius 3 is 2.19 bits per heavy atom. The molecule has 16 heavy (non-hydrogen) atoms. The average Bonchev–Trinajstić information content (AvgIpc) is 2.98. The van der Waals surface area contributed by atoms with Crippen molar-refractivity contribution in [2.45, 2.75) is 36.6 Å². The second kappa shape index (κ2) is 3.57. The van der Waals surface area contributed by atoms with Gasteiger partial charge in [-0.1, -0.05) is 18.2 Å². The van der Waals surface area contributed by atoms with Gasteiger partial charge in [0, 0.05) is 12.1 Å². The van der Waals surface area contributed by atoms with Gasteiger partial charge in [0.1, 0.15) is 5.37 Å². The van der Waals surface area contributed by atoms with Crippen molar-refractivity contribution in [1.82, 2.24) is 4.90 Å². The lowest BCUT2D eigenvalue weighted by atomic mass is 10.1. The quantitative estimate of drug-likeness (QED) is 0.740. The first-order valence-electron chi connectivity index (χ1n) is 5.39. The molecule has 88 valence electrons. The fraction of sp³-hybridized carbons (Fsp3) is 0.500. The third-order valence-corrected chi connectivity index (χ3v) is 4.91. The molecule has 1 heterocycles. The van der Waals surface area contributed by atoms with Crippen LogP contribution in [0.1, 0.15) is 20.8 Å². The van der Waals surface area contributed by atoms with E-state index in [9.17, 15) is 8.42 Å². The summed E-state index contributed by atoms with van der Waals surface area (Å²) in [6.45, 7) is 6.75. The molecule has 4 heteroatoms. The predicted molar refractivity (Wildman–Crippen MR) is 63.9 cm³/mol. The summed E-state index contributed by atoms with van der Waals surface area (Å²) in [5.41, 5.74) is -0.0769. The maximum absolute atomic E-state index is 12.2. The first-order chi connectivity index (χ1) is 7.33. The van der Waals surface area contributed by atoms with E-state index in [4.69, 9.17) is 0 Å². The number of sulfone groups is 1. The Bertz CT molecular complexity index is 473. The molecule has 1 aliphatic heterocycles. The Hall–Kier alpha value is -0.870. The Morgan fingerprint density at radius 2 is 1.75 bits per heavy atom. The fourth-order valence-corrected chi connectivity index (χ4v) is 3.72. The lowest BCUT2D eigenvalue weighted by Gasteiger charge is -2.21. The van der Waals surface area contributed by atoms with Gasteiger partial charge in [0.25, 0.3) is 0 Å². The molecule has 1 aliphatic rings. The molecule has 2 rings (SSSR count). The molecule has 1 fully saturated rings. The molecular formula is C12H17NO2S. The van der Waals surface area contributed by atoms with Gasteiger partial charge in [0.05, 0.1) is 4.90 Å². The molecule has 0 radical (unpaired) electrons. The minimum Gasteiger partial charge on any atom is -0.278 e. The summed E-state index contributed by atoms with van der Waals surface area (Å²) in [5, 5.41) is -0.338. The predicted octanol–water partition coefficient (Wildman–Crippen LogP) is 1.90. The standard InChI is InChI=1S/C12H17NO2S/c1-12(2,3)13-9-11(13)16(14,15)10-7-5-4-6-8-10/h4-8,11H,9H2,1-3H3. The lowest BCUT2D eigenvalue weighted by Crippen LogP contribution is -2.29.